The van der Waals surface area contributed by atoms with Crippen LogP contribution in [-0.4, -0.2) is 9.55 Å². The first-order valence-corrected chi connectivity index (χ1v) is 7.45. The van der Waals surface area contributed by atoms with E-state index in [4.69, 9.17) is 23.2 Å². The molecule has 1 heterocycles. The van der Waals surface area contributed by atoms with Crippen molar-refractivity contribution < 1.29 is 0 Å². The molecule has 0 aliphatic carbocycles. The lowest BCUT2D eigenvalue weighted by Crippen LogP contribution is -1.97. The molecule has 21 heavy (non-hydrogen) atoms. The van der Waals surface area contributed by atoms with Gasteiger partial charge in [0.05, 0.1) is 12.0 Å². The highest BCUT2D eigenvalue weighted by Gasteiger charge is 2.05. The van der Waals surface area contributed by atoms with Gasteiger partial charge in [-0.1, -0.05) is 59.6 Å². The Kier molecular flexibility index (Phi) is 4.28. The molecular formula is C17H14Cl2N2. The SMILES string of the molecule is Clc1ccccc1Cc1cn(Cc2ccccc2Cl)cn1. The van der Waals surface area contributed by atoms with Crippen LogP contribution in [0.4, 0.5) is 0 Å². The minimum atomic E-state index is 0.717. The molecule has 0 atom stereocenters. The second-order valence-corrected chi connectivity index (χ2v) is 5.71. The molecule has 2 aromatic carbocycles. The third-order valence-corrected chi connectivity index (χ3v) is 4.06. The van der Waals surface area contributed by atoms with Gasteiger partial charge in [0.25, 0.3) is 0 Å². The van der Waals surface area contributed by atoms with Crippen molar-refractivity contribution in [1.82, 2.24) is 9.55 Å². The van der Waals surface area contributed by atoms with Crippen molar-refractivity contribution in [3.8, 4) is 0 Å². The molecule has 4 heteroatoms. The van der Waals surface area contributed by atoms with E-state index in [0.29, 0.717) is 0 Å². The molecule has 0 spiro atoms. The number of nitrogens with zero attached hydrogens (tertiary/aromatic N) is 2. The fraction of sp³-hybridized carbons (Fsp3) is 0.118. The minimum Gasteiger partial charge on any atom is -0.333 e. The van der Waals surface area contributed by atoms with E-state index in [2.05, 4.69) is 4.98 Å². The zero-order valence-electron chi connectivity index (χ0n) is 11.3. The lowest BCUT2D eigenvalue weighted by Gasteiger charge is -2.04. The molecular weight excluding hydrogens is 303 g/mol. The van der Waals surface area contributed by atoms with Crippen LogP contribution >= 0.6 is 23.2 Å². The molecule has 106 valence electrons. The van der Waals surface area contributed by atoms with Gasteiger partial charge in [-0.25, -0.2) is 4.98 Å². The van der Waals surface area contributed by atoms with Gasteiger partial charge >= 0.3 is 0 Å². The predicted molar refractivity (Wildman–Crippen MR) is 87.0 cm³/mol. The summed E-state index contributed by atoms with van der Waals surface area (Å²) >= 11 is 12.4. The summed E-state index contributed by atoms with van der Waals surface area (Å²) in [4.78, 5) is 4.44. The highest BCUT2D eigenvalue weighted by Crippen LogP contribution is 2.19. The van der Waals surface area contributed by atoms with Crippen LogP contribution in [0.5, 0.6) is 0 Å². The summed E-state index contributed by atoms with van der Waals surface area (Å²) in [6, 6.07) is 15.7. The lowest BCUT2D eigenvalue weighted by molar-refractivity contribution is 0.796. The van der Waals surface area contributed by atoms with Crippen molar-refractivity contribution >= 4 is 23.2 Å². The highest BCUT2D eigenvalue weighted by molar-refractivity contribution is 6.31. The Bertz CT molecular complexity index is 688. The van der Waals surface area contributed by atoms with Gasteiger partial charge in [0.15, 0.2) is 0 Å². The van der Waals surface area contributed by atoms with E-state index in [1.54, 1.807) is 0 Å². The fourth-order valence-corrected chi connectivity index (χ4v) is 2.64. The Hall–Kier alpha value is -1.77. The van der Waals surface area contributed by atoms with Crippen molar-refractivity contribution in [2.24, 2.45) is 0 Å². The van der Waals surface area contributed by atoms with Gasteiger partial charge in [-0.2, -0.15) is 0 Å². The van der Waals surface area contributed by atoms with Gasteiger partial charge in [-0.3, -0.25) is 0 Å². The third-order valence-electron chi connectivity index (χ3n) is 3.33. The number of hydrogen-bond acceptors (Lipinski definition) is 1. The number of benzene rings is 2. The van der Waals surface area contributed by atoms with Crippen LogP contribution in [0.25, 0.3) is 0 Å². The van der Waals surface area contributed by atoms with Gasteiger partial charge in [-0.15, -0.1) is 0 Å². The lowest BCUT2D eigenvalue weighted by atomic mass is 10.1. The third kappa shape index (κ3) is 3.46. The molecule has 0 fully saturated rings. The number of aromatic nitrogens is 2. The molecule has 1 aromatic heterocycles. The van der Waals surface area contributed by atoms with Gasteiger partial charge < -0.3 is 4.57 Å². The molecule has 3 aromatic rings. The fourth-order valence-electron chi connectivity index (χ4n) is 2.24. The smallest absolute Gasteiger partial charge is 0.0952 e. The standard InChI is InChI=1S/C17H14Cl2N2/c18-16-7-3-1-5-13(16)9-15-11-21(12-20-15)10-14-6-2-4-8-17(14)19/h1-8,11-12H,9-10H2. The second-order valence-electron chi connectivity index (χ2n) is 4.90. The van der Waals surface area contributed by atoms with E-state index in [9.17, 15) is 0 Å². The van der Waals surface area contributed by atoms with Gasteiger partial charge in [0.2, 0.25) is 0 Å². The first-order valence-electron chi connectivity index (χ1n) is 6.70. The molecule has 0 bridgehead atoms. The summed E-state index contributed by atoms with van der Waals surface area (Å²) in [6.45, 7) is 0.717. The Labute approximate surface area is 134 Å². The number of rotatable bonds is 4. The van der Waals surface area contributed by atoms with E-state index >= 15 is 0 Å². The summed E-state index contributed by atoms with van der Waals surface area (Å²) < 4.78 is 2.04. The average molecular weight is 317 g/mol. The Morgan fingerprint density at radius 2 is 1.48 bits per heavy atom. The quantitative estimate of drug-likeness (QED) is 0.674. The predicted octanol–water partition coefficient (Wildman–Crippen LogP) is 4.83. The van der Waals surface area contributed by atoms with Crippen LogP contribution in [0.2, 0.25) is 10.0 Å². The van der Waals surface area contributed by atoms with E-state index in [1.807, 2.05) is 65.6 Å². The van der Waals surface area contributed by atoms with Crippen molar-refractivity contribution in [3.05, 3.63) is 87.9 Å². The van der Waals surface area contributed by atoms with Crippen LogP contribution < -0.4 is 0 Å². The van der Waals surface area contributed by atoms with Crippen molar-refractivity contribution in [1.29, 1.82) is 0 Å². The largest absolute Gasteiger partial charge is 0.333 e. The monoisotopic (exact) mass is 316 g/mol. The molecule has 0 saturated heterocycles. The van der Waals surface area contributed by atoms with Gasteiger partial charge in [0.1, 0.15) is 0 Å². The van der Waals surface area contributed by atoms with Crippen molar-refractivity contribution in [2.75, 3.05) is 0 Å². The topological polar surface area (TPSA) is 17.8 Å². The van der Waals surface area contributed by atoms with Crippen molar-refractivity contribution in [3.63, 3.8) is 0 Å². The van der Waals surface area contributed by atoms with Crippen LogP contribution in [0, 0.1) is 0 Å². The van der Waals surface area contributed by atoms with E-state index in [-0.39, 0.29) is 0 Å². The van der Waals surface area contributed by atoms with Gasteiger partial charge in [-0.05, 0) is 23.3 Å². The minimum absolute atomic E-state index is 0.717. The molecule has 0 aliphatic rings. The van der Waals surface area contributed by atoms with E-state index in [1.165, 1.54) is 0 Å². The zero-order chi connectivity index (χ0) is 14.7. The molecule has 3 rings (SSSR count). The van der Waals surface area contributed by atoms with Crippen LogP contribution in [-0.2, 0) is 13.0 Å². The molecule has 0 aliphatic heterocycles. The number of hydrogen-bond donors (Lipinski definition) is 0. The molecule has 0 saturated carbocycles. The highest BCUT2D eigenvalue weighted by atomic mass is 35.5. The summed E-state index contributed by atoms with van der Waals surface area (Å²) in [6.07, 6.45) is 4.59. The first kappa shape index (κ1) is 14.2. The maximum Gasteiger partial charge on any atom is 0.0952 e. The second kappa shape index (κ2) is 6.33. The molecule has 0 unspecified atom stereocenters. The molecule has 2 nitrogen and oxygen atoms in total. The number of imidazole rings is 1. The summed E-state index contributed by atoms with van der Waals surface area (Å²) in [5.41, 5.74) is 3.16. The van der Waals surface area contributed by atoms with Crippen molar-refractivity contribution in [2.45, 2.75) is 13.0 Å². The normalized spacial score (nSPS) is 10.8. The average Bonchev–Trinajstić information content (AvgIpc) is 2.91. The zero-order valence-corrected chi connectivity index (χ0v) is 12.8. The van der Waals surface area contributed by atoms with Crippen LogP contribution in [0.15, 0.2) is 61.1 Å². The maximum absolute atomic E-state index is 6.18. The molecule has 0 amide bonds. The summed E-state index contributed by atoms with van der Waals surface area (Å²) in [5, 5.41) is 1.55. The van der Waals surface area contributed by atoms with Gasteiger partial charge in [0, 0.05) is 29.2 Å². The van der Waals surface area contributed by atoms with Crippen LogP contribution in [0.3, 0.4) is 0 Å². The number of halogens is 2. The molecule has 0 N–H and O–H groups in total. The first-order chi connectivity index (χ1) is 10.2. The Balaban J connectivity index is 1.75. The Morgan fingerprint density at radius 1 is 0.857 bits per heavy atom. The molecule has 0 radical (unpaired) electrons. The summed E-state index contributed by atoms with van der Waals surface area (Å²) in [7, 11) is 0. The maximum atomic E-state index is 6.18. The van der Waals surface area contributed by atoms with Crippen LogP contribution in [0.1, 0.15) is 16.8 Å². The van der Waals surface area contributed by atoms with E-state index in [0.717, 1.165) is 39.8 Å². The van der Waals surface area contributed by atoms with E-state index < -0.39 is 0 Å². The Morgan fingerprint density at radius 3 is 2.14 bits per heavy atom. The summed E-state index contributed by atoms with van der Waals surface area (Å²) in [5.74, 6) is 0.